The third-order valence-electron chi connectivity index (χ3n) is 6.37. The van der Waals surface area contributed by atoms with Crippen molar-refractivity contribution in [3.8, 4) is 0 Å². The second kappa shape index (κ2) is 9.22. The summed E-state index contributed by atoms with van der Waals surface area (Å²) in [5, 5.41) is 2.66. The molecule has 29 heavy (non-hydrogen) atoms. The molecule has 158 valence electrons. The number of fused-ring (bicyclic) bond motifs is 3. The molecular formula is C22H30FN3O3. The van der Waals surface area contributed by atoms with E-state index in [0.717, 1.165) is 12.8 Å². The van der Waals surface area contributed by atoms with E-state index in [1.165, 1.54) is 18.9 Å². The molecule has 2 heterocycles. The molecule has 3 aliphatic rings. The van der Waals surface area contributed by atoms with Crippen LogP contribution in [0.25, 0.3) is 0 Å². The first-order valence-electron chi connectivity index (χ1n) is 10.7. The fourth-order valence-corrected chi connectivity index (χ4v) is 4.85. The lowest BCUT2D eigenvalue weighted by molar-refractivity contribution is -0.134. The zero-order valence-corrected chi connectivity index (χ0v) is 16.8. The Morgan fingerprint density at radius 1 is 1.10 bits per heavy atom. The van der Waals surface area contributed by atoms with Crippen LogP contribution >= 0.6 is 0 Å². The smallest absolute Gasteiger partial charge is 0.238 e. The molecule has 1 saturated carbocycles. The largest absolute Gasteiger partial charge is 0.379 e. The molecule has 3 fully saturated rings. The highest BCUT2D eigenvalue weighted by Crippen LogP contribution is 2.29. The number of nitrogens with one attached hydrogen (secondary N) is 1. The third-order valence-corrected chi connectivity index (χ3v) is 6.37. The predicted octanol–water partition coefficient (Wildman–Crippen LogP) is 2.50. The molecule has 6 nitrogen and oxygen atoms in total. The zero-order valence-electron chi connectivity index (χ0n) is 16.8. The van der Waals surface area contributed by atoms with Gasteiger partial charge in [-0.2, -0.15) is 0 Å². The highest BCUT2D eigenvalue weighted by atomic mass is 19.1. The lowest BCUT2D eigenvalue weighted by atomic mass is 10.0. The molecule has 2 aliphatic heterocycles. The molecule has 0 radical (unpaired) electrons. The number of nitrogens with zero attached hydrogens (tertiary/aromatic N) is 2. The highest BCUT2D eigenvalue weighted by molar-refractivity contribution is 5.92. The van der Waals surface area contributed by atoms with Crippen LogP contribution < -0.4 is 5.32 Å². The van der Waals surface area contributed by atoms with Gasteiger partial charge in [-0.3, -0.25) is 14.5 Å². The van der Waals surface area contributed by atoms with Gasteiger partial charge in [-0.25, -0.2) is 4.39 Å². The number of hydrogen-bond acceptors (Lipinski definition) is 4. The summed E-state index contributed by atoms with van der Waals surface area (Å²) in [4.78, 5) is 29.5. The van der Waals surface area contributed by atoms with Crippen LogP contribution in [0.3, 0.4) is 0 Å². The molecule has 1 aromatic rings. The average Bonchev–Trinajstić information content (AvgIpc) is 3.03. The van der Waals surface area contributed by atoms with Crippen molar-refractivity contribution in [2.24, 2.45) is 11.8 Å². The van der Waals surface area contributed by atoms with Gasteiger partial charge in [-0.15, -0.1) is 0 Å². The zero-order chi connectivity index (χ0) is 20.2. The summed E-state index contributed by atoms with van der Waals surface area (Å²) < 4.78 is 19.6. The minimum absolute atomic E-state index is 0.0126. The molecule has 0 spiro atoms. The number of benzene rings is 1. The standard InChI is InChI=1S/C22H30FN3O3/c23-19-7-3-4-8-20(19)24-21(27)13-25-10-17-11-26(12-18(25)15-29-14-17)22(28)9-16-5-1-2-6-16/h3-4,7-8,16-18H,1-2,5-6,9-15H2,(H,24,27)/t17-,18+/m1/s1. The van der Waals surface area contributed by atoms with Gasteiger partial charge in [0.1, 0.15) is 5.82 Å². The maximum absolute atomic E-state index is 13.8. The van der Waals surface area contributed by atoms with Crippen molar-refractivity contribution >= 4 is 17.5 Å². The third kappa shape index (κ3) is 5.14. The van der Waals surface area contributed by atoms with Gasteiger partial charge in [0.15, 0.2) is 0 Å². The van der Waals surface area contributed by atoms with Crippen LogP contribution in [0.2, 0.25) is 0 Å². The van der Waals surface area contributed by atoms with Crippen molar-refractivity contribution < 1.29 is 18.7 Å². The van der Waals surface area contributed by atoms with Gasteiger partial charge >= 0.3 is 0 Å². The second-order valence-corrected chi connectivity index (χ2v) is 8.67. The first kappa shape index (κ1) is 20.3. The molecule has 2 bridgehead atoms. The number of hydrogen-bond donors (Lipinski definition) is 1. The van der Waals surface area contributed by atoms with Crippen LogP contribution in [-0.4, -0.2) is 67.0 Å². The summed E-state index contributed by atoms with van der Waals surface area (Å²) in [6.45, 7) is 3.28. The van der Waals surface area contributed by atoms with Crippen LogP contribution in [0.15, 0.2) is 24.3 Å². The lowest BCUT2D eigenvalue weighted by Gasteiger charge is -2.31. The number of carbonyl (C=O) groups excluding carboxylic acids is 2. The molecule has 2 saturated heterocycles. The Kier molecular flexibility index (Phi) is 6.45. The maximum atomic E-state index is 13.8. The van der Waals surface area contributed by atoms with Gasteiger partial charge in [0.05, 0.1) is 31.5 Å². The Morgan fingerprint density at radius 2 is 1.90 bits per heavy atom. The minimum Gasteiger partial charge on any atom is -0.379 e. The van der Waals surface area contributed by atoms with Gasteiger partial charge < -0.3 is 15.0 Å². The minimum atomic E-state index is -0.442. The van der Waals surface area contributed by atoms with Crippen LogP contribution in [0, 0.1) is 17.7 Å². The number of para-hydroxylation sites is 1. The van der Waals surface area contributed by atoms with E-state index in [1.54, 1.807) is 18.2 Å². The second-order valence-electron chi connectivity index (χ2n) is 8.67. The number of rotatable bonds is 5. The highest BCUT2D eigenvalue weighted by Gasteiger charge is 2.36. The Bertz CT molecular complexity index is 738. The molecular weight excluding hydrogens is 373 g/mol. The SMILES string of the molecule is O=C(CN1C[C@H]2COC[C@@H]1CN(C(=O)CC1CCCC1)C2)Nc1ccccc1F. The number of ether oxygens (including phenoxy) is 1. The quantitative estimate of drug-likeness (QED) is 0.821. The van der Waals surface area contributed by atoms with Gasteiger partial charge in [0.25, 0.3) is 0 Å². The summed E-state index contributed by atoms with van der Waals surface area (Å²) in [5.74, 6) is 0.279. The van der Waals surface area contributed by atoms with Crippen LogP contribution in [-0.2, 0) is 14.3 Å². The molecule has 2 atom stereocenters. The van der Waals surface area contributed by atoms with Crippen LogP contribution in [0.5, 0.6) is 0 Å². The van der Waals surface area contributed by atoms with E-state index in [2.05, 4.69) is 10.2 Å². The van der Waals surface area contributed by atoms with Crippen molar-refractivity contribution in [1.82, 2.24) is 9.80 Å². The summed E-state index contributed by atoms with van der Waals surface area (Å²) in [7, 11) is 0. The first-order valence-corrected chi connectivity index (χ1v) is 10.7. The van der Waals surface area contributed by atoms with E-state index in [1.807, 2.05) is 4.90 Å². The number of halogens is 1. The van der Waals surface area contributed by atoms with Gasteiger partial charge in [0, 0.05) is 32.0 Å². The predicted molar refractivity (Wildman–Crippen MR) is 108 cm³/mol. The van der Waals surface area contributed by atoms with Crippen molar-refractivity contribution in [3.05, 3.63) is 30.1 Å². The monoisotopic (exact) mass is 403 g/mol. The summed E-state index contributed by atoms with van der Waals surface area (Å²) in [6.07, 6.45) is 5.45. The Hall–Kier alpha value is -1.99. The average molecular weight is 403 g/mol. The van der Waals surface area contributed by atoms with Gasteiger partial charge in [0.2, 0.25) is 11.8 Å². The molecule has 7 heteroatoms. The van der Waals surface area contributed by atoms with E-state index < -0.39 is 5.82 Å². The normalized spacial score (nSPS) is 25.6. The van der Waals surface area contributed by atoms with Crippen molar-refractivity contribution in [2.75, 3.05) is 44.7 Å². The van der Waals surface area contributed by atoms with Crippen molar-refractivity contribution in [3.63, 3.8) is 0 Å². The Labute approximate surface area is 171 Å². The topological polar surface area (TPSA) is 61.9 Å². The molecule has 1 aliphatic carbocycles. The lowest BCUT2D eigenvalue weighted by Crippen LogP contribution is -2.48. The van der Waals surface area contributed by atoms with E-state index in [9.17, 15) is 14.0 Å². The van der Waals surface area contributed by atoms with E-state index >= 15 is 0 Å². The number of anilines is 1. The first-order chi connectivity index (χ1) is 14.1. The summed E-state index contributed by atoms with van der Waals surface area (Å²) in [5.41, 5.74) is 0.194. The molecule has 2 amide bonds. The van der Waals surface area contributed by atoms with Crippen molar-refractivity contribution in [2.45, 2.75) is 38.1 Å². The van der Waals surface area contributed by atoms with Gasteiger partial charge in [-0.05, 0) is 30.9 Å². The summed E-state index contributed by atoms with van der Waals surface area (Å²) >= 11 is 0. The fourth-order valence-electron chi connectivity index (χ4n) is 4.85. The van der Waals surface area contributed by atoms with Crippen molar-refractivity contribution in [1.29, 1.82) is 0 Å². The molecule has 1 aromatic carbocycles. The fraction of sp³-hybridized carbons (Fsp3) is 0.636. The van der Waals surface area contributed by atoms with E-state index in [4.69, 9.17) is 4.74 Å². The Balaban J connectivity index is 1.38. The molecule has 1 N–H and O–H groups in total. The van der Waals surface area contributed by atoms with Crippen LogP contribution in [0.4, 0.5) is 10.1 Å². The molecule has 0 aromatic heterocycles. The van der Waals surface area contributed by atoms with E-state index in [0.29, 0.717) is 45.2 Å². The Morgan fingerprint density at radius 3 is 2.69 bits per heavy atom. The summed E-state index contributed by atoms with van der Waals surface area (Å²) in [6, 6.07) is 6.16. The molecule has 0 unspecified atom stereocenters. The van der Waals surface area contributed by atoms with E-state index in [-0.39, 0.29) is 36.0 Å². The maximum Gasteiger partial charge on any atom is 0.238 e. The van der Waals surface area contributed by atoms with Gasteiger partial charge in [-0.1, -0.05) is 25.0 Å². The van der Waals surface area contributed by atoms with Crippen LogP contribution in [0.1, 0.15) is 32.1 Å². The number of amides is 2. The molecule has 4 rings (SSSR count). The number of carbonyl (C=O) groups is 2.